The van der Waals surface area contributed by atoms with Gasteiger partial charge in [0.15, 0.2) is 0 Å². The molecule has 0 radical (unpaired) electrons. The molecule has 1 fully saturated rings. The van der Waals surface area contributed by atoms with E-state index in [0.29, 0.717) is 5.54 Å². The molecule has 1 rings (SSSR count). The largest absolute Gasteiger partial charge is 0.310 e. The predicted octanol–water partition coefficient (Wildman–Crippen LogP) is 2.19. The molecule has 0 aliphatic carbocycles. The Morgan fingerprint density at radius 2 is 2.00 bits per heavy atom. The Hall–Kier alpha value is -0.600. The van der Waals surface area contributed by atoms with Crippen LogP contribution >= 0.6 is 0 Å². The lowest BCUT2D eigenvalue weighted by Gasteiger charge is -2.34. The minimum atomic E-state index is 0.339. The Labute approximate surface area is 94.0 Å². The van der Waals surface area contributed by atoms with Crippen molar-refractivity contribution in [3.05, 3.63) is 25.3 Å². The zero-order valence-electron chi connectivity index (χ0n) is 9.97. The highest BCUT2D eigenvalue weighted by Gasteiger charge is 2.32. The van der Waals surface area contributed by atoms with Crippen LogP contribution in [-0.4, -0.2) is 36.6 Å². The molecule has 0 spiro atoms. The van der Waals surface area contributed by atoms with Gasteiger partial charge in [-0.2, -0.15) is 0 Å². The van der Waals surface area contributed by atoms with E-state index >= 15 is 0 Å². The highest BCUT2D eigenvalue weighted by molar-refractivity contribution is 4.96. The molecule has 0 saturated carbocycles. The van der Waals surface area contributed by atoms with Crippen molar-refractivity contribution in [2.24, 2.45) is 0 Å². The number of nitrogens with one attached hydrogen (secondary N) is 1. The summed E-state index contributed by atoms with van der Waals surface area (Å²) in [4.78, 5) is 2.40. The molecule has 1 aliphatic heterocycles. The second-order valence-electron chi connectivity index (χ2n) is 4.44. The highest BCUT2D eigenvalue weighted by Crippen LogP contribution is 2.24. The van der Waals surface area contributed by atoms with E-state index in [0.717, 1.165) is 19.6 Å². The van der Waals surface area contributed by atoms with Gasteiger partial charge < -0.3 is 5.32 Å². The molecule has 86 valence electrons. The van der Waals surface area contributed by atoms with Gasteiger partial charge in [-0.15, -0.1) is 13.2 Å². The van der Waals surface area contributed by atoms with Crippen molar-refractivity contribution in [2.45, 2.75) is 31.7 Å². The zero-order chi connectivity index (χ0) is 11.1. The zero-order valence-corrected chi connectivity index (χ0v) is 9.97. The summed E-state index contributed by atoms with van der Waals surface area (Å²) in [5.74, 6) is 0. The average Bonchev–Trinajstić information content (AvgIpc) is 2.68. The fraction of sp³-hybridized carbons (Fsp3) is 0.692. The fourth-order valence-electron chi connectivity index (χ4n) is 2.41. The first-order valence-corrected chi connectivity index (χ1v) is 5.95. The van der Waals surface area contributed by atoms with E-state index in [1.54, 1.807) is 0 Å². The molecular formula is C13H24N2. The summed E-state index contributed by atoms with van der Waals surface area (Å²) < 4.78 is 0. The third kappa shape index (κ3) is 3.47. The van der Waals surface area contributed by atoms with E-state index < -0.39 is 0 Å². The summed E-state index contributed by atoms with van der Waals surface area (Å²) in [6.07, 6.45) is 7.76. The van der Waals surface area contributed by atoms with Crippen LogP contribution in [0, 0.1) is 0 Å². The first-order chi connectivity index (χ1) is 7.26. The maximum Gasteiger partial charge on any atom is 0.0306 e. The molecule has 15 heavy (non-hydrogen) atoms. The highest BCUT2D eigenvalue weighted by atomic mass is 15.2. The van der Waals surface area contributed by atoms with E-state index in [1.807, 2.05) is 12.2 Å². The molecule has 1 atom stereocenters. The van der Waals surface area contributed by atoms with Crippen molar-refractivity contribution in [2.75, 3.05) is 26.2 Å². The van der Waals surface area contributed by atoms with Crippen LogP contribution < -0.4 is 5.32 Å². The van der Waals surface area contributed by atoms with Crippen molar-refractivity contribution in [1.82, 2.24) is 10.2 Å². The summed E-state index contributed by atoms with van der Waals surface area (Å²) in [5.41, 5.74) is 0.339. The Kier molecular flexibility index (Phi) is 5.06. The van der Waals surface area contributed by atoms with Gasteiger partial charge in [0.1, 0.15) is 0 Å². The van der Waals surface area contributed by atoms with Crippen molar-refractivity contribution in [1.29, 1.82) is 0 Å². The van der Waals surface area contributed by atoms with Crippen LogP contribution in [0.3, 0.4) is 0 Å². The van der Waals surface area contributed by atoms with E-state index in [9.17, 15) is 0 Å². The Bertz CT molecular complexity index is 195. The second kappa shape index (κ2) is 6.09. The van der Waals surface area contributed by atoms with Crippen molar-refractivity contribution < 1.29 is 0 Å². The lowest BCUT2D eigenvalue weighted by atomic mass is 9.93. The maximum absolute atomic E-state index is 3.81. The lowest BCUT2D eigenvalue weighted by molar-refractivity contribution is 0.218. The maximum atomic E-state index is 3.81. The third-order valence-electron chi connectivity index (χ3n) is 3.31. The van der Waals surface area contributed by atoms with E-state index in [-0.39, 0.29) is 0 Å². The molecule has 2 nitrogen and oxygen atoms in total. The normalized spacial score (nSPS) is 25.7. The monoisotopic (exact) mass is 208 g/mol. The molecule has 0 aromatic heterocycles. The van der Waals surface area contributed by atoms with Crippen LogP contribution in [-0.2, 0) is 0 Å². The smallest absolute Gasteiger partial charge is 0.0306 e. The van der Waals surface area contributed by atoms with Crippen molar-refractivity contribution in [3.63, 3.8) is 0 Å². The summed E-state index contributed by atoms with van der Waals surface area (Å²) in [6, 6.07) is 0. The molecule has 2 heteroatoms. The summed E-state index contributed by atoms with van der Waals surface area (Å²) in [6.45, 7) is 14.1. The minimum absolute atomic E-state index is 0.339. The van der Waals surface area contributed by atoms with Gasteiger partial charge in [0.2, 0.25) is 0 Å². The molecular weight excluding hydrogens is 184 g/mol. The van der Waals surface area contributed by atoms with E-state index in [2.05, 4.69) is 30.3 Å². The van der Waals surface area contributed by atoms with Gasteiger partial charge in [-0.1, -0.05) is 19.1 Å². The molecule has 1 saturated heterocycles. The SMILES string of the molecule is C=CCN(CC=C)CC1(CC)CCCN1. The number of nitrogens with zero attached hydrogens (tertiary/aromatic N) is 1. The molecule has 1 aliphatic rings. The summed E-state index contributed by atoms with van der Waals surface area (Å²) in [7, 11) is 0. The molecule has 1 N–H and O–H groups in total. The molecule has 0 amide bonds. The van der Waals surface area contributed by atoms with Crippen LogP contribution in [0.4, 0.5) is 0 Å². The van der Waals surface area contributed by atoms with Crippen LogP contribution in [0.5, 0.6) is 0 Å². The van der Waals surface area contributed by atoms with Gasteiger partial charge >= 0.3 is 0 Å². The predicted molar refractivity (Wildman–Crippen MR) is 67.1 cm³/mol. The molecule has 0 bridgehead atoms. The topological polar surface area (TPSA) is 15.3 Å². The van der Waals surface area contributed by atoms with Crippen LogP contribution in [0.15, 0.2) is 25.3 Å². The lowest BCUT2D eigenvalue weighted by Crippen LogP contribution is -2.49. The fourth-order valence-corrected chi connectivity index (χ4v) is 2.41. The number of rotatable bonds is 7. The molecule has 1 unspecified atom stereocenters. The van der Waals surface area contributed by atoms with Gasteiger partial charge in [-0.3, -0.25) is 4.90 Å². The standard InChI is InChI=1S/C13H24N2/c1-4-10-15(11-5-2)12-13(6-3)8-7-9-14-13/h4-5,14H,1-2,6-12H2,3H3. The van der Waals surface area contributed by atoms with Gasteiger partial charge in [-0.25, -0.2) is 0 Å². The van der Waals surface area contributed by atoms with E-state index in [4.69, 9.17) is 0 Å². The van der Waals surface area contributed by atoms with Crippen LogP contribution in [0.25, 0.3) is 0 Å². The second-order valence-corrected chi connectivity index (χ2v) is 4.44. The van der Waals surface area contributed by atoms with Gasteiger partial charge in [-0.05, 0) is 25.8 Å². The molecule has 1 heterocycles. The van der Waals surface area contributed by atoms with Gasteiger partial charge in [0.25, 0.3) is 0 Å². The number of hydrogen-bond acceptors (Lipinski definition) is 2. The third-order valence-corrected chi connectivity index (χ3v) is 3.31. The Morgan fingerprint density at radius 1 is 1.33 bits per heavy atom. The first kappa shape index (κ1) is 12.5. The minimum Gasteiger partial charge on any atom is -0.310 e. The molecule has 0 aromatic rings. The Balaban J connectivity index is 2.53. The van der Waals surface area contributed by atoms with Crippen LogP contribution in [0.1, 0.15) is 26.2 Å². The van der Waals surface area contributed by atoms with Gasteiger partial charge in [0.05, 0.1) is 0 Å². The number of hydrogen-bond donors (Lipinski definition) is 1. The van der Waals surface area contributed by atoms with Crippen molar-refractivity contribution >= 4 is 0 Å². The average molecular weight is 208 g/mol. The first-order valence-electron chi connectivity index (χ1n) is 5.95. The molecule has 0 aromatic carbocycles. The quantitative estimate of drug-likeness (QED) is 0.645. The van der Waals surface area contributed by atoms with E-state index in [1.165, 1.54) is 25.8 Å². The van der Waals surface area contributed by atoms with Gasteiger partial charge in [0, 0.05) is 25.2 Å². The van der Waals surface area contributed by atoms with Crippen molar-refractivity contribution in [3.8, 4) is 0 Å². The summed E-state index contributed by atoms with van der Waals surface area (Å²) >= 11 is 0. The van der Waals surface area contributed by atoms with Crippen LogP contribution in [0.2, 0.25) is 0 Å². The Morgan fingerprint density at radius 3 is 2.40 bits per heavy atom. The summed E-state index contributed by atoms with van der Waals surface area (Å²) in [5, 5.41) is 3.66.